The first-order valence-corrected chi connectivity index (χ1v) is 5.63. The molecule has 0 atom stereocenters. The van der Waals surface area contributed by atoms with E-state index in [-0.39, 0.29) is 17.3 Å². The number of ketones is 1. The van der Waals surface area contributed by atoms with Crippen molar-refractivity contribution in [2.24, 2.45) is 5.41 Å². The molecule has 0 saturated heterocycles. The van der Waals surface area contributed by atoms with Crippen LogP contribution in [0.15, 0.2) is 24.3 Å². The minimum atomic E-state index is -0.379. The Kier molecular flexibility index (Phi) is 3.74. The van der Waals surface area contributed by atoms with E-state index in [9.17, 15) is 4.79 Å². The van der Waals surface area contributed by atoms with Crippen LogP contribution >= 0.6 is 0 Å². The third kappa shape index (κ3) is 3.09. The lowest BCUT2D eigenvalue weighted by molar-refractivity contribution is 0.0852. The van der Waals surface area contributed by atoms with E-state index in [1.54, 1.807) is 0 Å². The summed E-state index contributed by atoms with van der Waals surface area (Å²) >= 11 is 0. The number of hydrogen-bond acceptors (Lipinski definition) is 2. The SMILES string of the molecule is CC(C)Oc1ccccc1C(=O)C(C)(C)C. The number of benzene rings is 1. The van der Waals surface area contributed by atoms with Gasteiger partial charge in [-0.2, -0.15) is 0 Å². The predicted molar refractivity (Wildman–Crippen MR) is 66.0 cm³/mol. The molecule has 1 aromatic rings. The van der Waals surface area contributed by atoms with Crippen molar-refractivity contribution in [1.82, 2.24) is 0 Å². The van der Waals surface area contributed by atoms with Crippen LogP contribution in [0.25, 0.3) is 0 Å². The Bertz CT molecular complexity index is 373. The average molecular weight is 220 g/mol. The number of para-hydroxylation sites is 1. The first-order valence-electron chi connectivity index (χ1n) is 5.63. The van der Waals surface area contributed by atoms with Gasteiger partial charge in [-0.15, -0.1) is 0 Å². The van der Waals surface area contributed by atoms with Gasteiger partial charge in [0.25, 0.3) is 0 Å². The third-order valence-corrected chi connectivity index (χ3v) is 2.18. The van der Waals surface area contributed by atoms with Gasteiger partial charge >= 0.3 is 0 Å². The summed E-state index contributed by atoms with van der Waals surface area (Å²) in [5.41, 5.74) is 0.292. The zero-order valence-corrected chi connectivity index (χ0v) is 10.7. The maximum Gasteiger partial charge on any atom is 0.171 e. The van der Waals surface area contributed by atoms with Crippen LogP contribution in [0.4, 0.5) is 0 Å². The molecule has 0 spiro atoms. The van der Waals surface area contributed by atoms with Crippen molar-refractivity contribution in [1.29, 1.82) is 0 Å². The maximum atomic E-state index is 12.2. The zero-order chi connectivity index (χ0) is 12.3. The van der Waals surface area contributed by atoms with E-state index in [1.807, 2.05) is 58.9 Å². The van der Waals surface area contributed by atoms with Crippen LogP contribution in [0.2, 0.25) is 0 Å². The Morgan fingerprint density at radius 1 is 1.19 bits per heavy atom. The van der Waals surface area contributed by atoms with Crippen LogP contribution in [0.5, 0.6) is 5.75 Å². The summed E-state index contributed by atoms with van der Waals surface area (Å²) in [6.45, 7) is 9.67. The standard InChI is InChI=1S/C14H20O2/c1-10(2)16-12-9-7-6-8-11(12)13(15)14(3,4)5/h6-10H,1-5H3. The molecule has 0 heterocycles. The predicted octanol–water partition coefficient (Wildman–Crippen LogP) is 3.70. The lowest BCUT2D eigenvalue weighted by atomic mass is 9.86. The van der Waals surface area contributed by atoms with Gasteiger partial charge in [0.05, 0.1) is 11.7 Å². The number of ether oxygens (including phenoxy) is 1. The van der Waals surface area contributed by atoms with E-state index in [0.717, 1.165) is 0 Å². The van der Waals surface area contributed by atoms with Crippen LogP contribution in [0, 0.1) is 5.41 Å². The van der Waals surface area contributed by atoms with Crippen molar-refractivity contribution >= 4 is 5.78 Å². The van der Waals surface area contributed by atoms with Gasteiger partial charge < -0.3 is 4.74 Å². The molecule has 2 nitrogen and oxygen atoms in total. The van der Waals surface area contributed by atoms with Crippen LogP contribution in [-0.2, 0) is 0 Å². The highest BCUT2D eigenvalue weighted by Gasteiger charge is 2.25. The third-order valence-electron chi connectivity index (χ3n) is 2.18. The Morgan fingerprint density at radius 3 is 2.25 bits per heavy atom. The van der Waals surface area contributed by atoms with Crippen molar-refractivity contribution in [3.8, 4) is 5.75 Å². The van der Waals surface area contributed by atoms with Crippen LogP contribution in [-0.4, -0.2) is 11.9 Å². The van der Waals surface area contributed by atoms with E-state index in [2.05, 4.69) is 0 Å². The van der Waals surface area contributed by atoms with Gasteiger partial charge in [0.1, 0.15) is 5.75 Å². The van der Waals surface area contributed by atoms with Gasteiger partial charge in [-0.3, -0.25) is 4.79 Å². The number of hydrogen-bond donors (Lipinski definition) is 0. The molecule has 0 aromatic heterocycles. The summed E-state index contributed by atoms with van der Waals surface area (Å²) in [5, 5.41) is 0. The molecule has 0 aliphatic rings. The van der Waals surface area contributed by atoms with Gasteiger partial charge in [-0.25, -0.2) is 0 Å². The minimum Gasteiger partial charge on any atom is -0.490 e. The fraction of sp³-hybridized carbons (Fsp3) is 0.500. The summed E-state index contributed by atoms with van der Waals surface area (Å²) in [4.78, 5) is 12.2. The van der Waals surface area contributed by atoms with Gasteiger partial charge in [0.15, 0.2) is 5.78 Å². The Hall–Kier alpha value is -1.31. The smallest absolute Gasteiger partial charge is 0.171 e. The molecule has 0 aliphatic carbocycles. The summed E-state index contributed by atoms with van der Waals surface area (Å²) in [7, 11) is 0. The van der Waals surface area contributed by atoms with Crippen molar-refractivity contribution < 1.29 is 9.53 Å². The van der Waals surface area contributed by atoms with Crippen molar-refractivity contribution in [2.75, 3.05) is 0 Å². The largest absolute Gasteiger partial charge is 0.490 e. The number of carbonyl (C=O) groups is 1. The molecular weight excluding hydrogens is 200 g/mol. The van der Waals surface area contributed by atoms with E-state index < -0.39 is 0 Å². The first-order chi connectivity index (χ1) is 7.32. The molecule has 1 aromatic carbocycles. The molecular formula is C14H20O2. The molecule has 16 heavy (non-hydrogen) atoms. The van der Waals surface area contributed by atoms with Crippen molar-refractivity contribution in [2.45, 2.75) is 40.7 Å². The molecule has 0 unspecified atom stereocenters. The van der Waals surface area contributed by atoms with Gasteiger partial charge in [-0.1, -0.05) is 32.9 Å². The number of carbonyl (C=O) groups excluding carboxylic acids is 1. The second-order valence-electron chi connectivity index (χ2n) is 5.24. The number of Topliss-reactive ketones (excluding diaryl/α,β-unsaturated/α-hetero) is 1. The van der Waals surface area contributed by atoms with Gasteiger partial charge in [-0.05, 0) is 26.0 Å². The zero-order valence-electron chi connectivity index (χ0n) is 10.7. The maximum absolute atomic E-state index is 12.2. The monoisotopic (exact) mass is 220 g/mol. The molecule has 0 bridgehead atoms. The van der Waals surface area contributed by atoms with Gasteiger partial charge in [0, 0.05) is 5.41 Å². The molecule has 0 aliphatic heterocycles. The van der Waals surface area contributed by atoms with Crippen LogP contribution in [0.3, 0.4) is 0 Å². The summed E-state index contributed by atoms with van der Waals surface area (Å²) in [5.74, 6) is 0.793. The normalized spacial score (nSPS) is 11.6. The average Bonchev–Trinajstić information content (AvgIpc) is 2.15. The molecule has 0 radical (unpaired) electrons. The summed E-state index contributed by atoms with van der Waals surface area (Å²) in [6.07, 6.45) is 0.0777. The molecule has 2 heteroatoms. The van der Waals surface area contributed by atoms with E-state index >= 15 is 0 Å². The fourth-order valence-corrected chi connectivity index (χ4v) is 1.41. The Morgan fingerprint density at radius 2 is 1.75 bits per heavy atom. The molecule has 0 amide bonds. The summed E-state index contributed by atoms with van der Waals surface area (Å²) < 4.78 is 5.64. The molecule has 0 saturated carbocycles. The second-order valence-corrected chi connectivity index (χ2v) is 5.24. The molecule has 0 fully saturated rings. The van der Waals surface area contributed by atoms with Crippen molar-refractivity contribution in [3.05, 3.63) is 29.8 Å². The van der Waals surface area contributed by atoms with E-state index in [4.69, 9.17) is 4.74 Å². The highest BCUT2D eigenvalue weighted by Crippen LogP contribution is 2.27. The van der Waals surface area contributed by atoms with Crippen LogP contribution in [0.1, 0.15) is 45.0 Å². The second kappa shape index (κ2) is 4.69. The van der Waals surface area contributed by atoms with Crippen molar-refractivity contribution in [3.63, 3.8) is 0 Å². The number of rotatable bonds is 3. The highest BCUT2D eigenvalue weighted by atomic mass is 16.5. The minimum absolute atomic E-state index is 0.0777. The van der Waals surface area contributed by atoms with Crippen LogP contribution < -0.4 is 4.74 Å². The fourth-order valence-electron chi connectivity index (χ4n) is 1.41. The van der Waals surface area contributed by atoms with Gasteiger partial charge in [0.2, 0.25) is 0 Å². The molecule has 1 rings (SSSR count). The topological polar surface area (TPSA) is 26.3 Å². The first kappa shape index (κ1) is 12.8. The Balaban J connectivity index is 3.09. The summed E-state index contributed by atoms with van der Waals surface area (Å²) in [6, 6.07) is 7.42. The highest BCUT2D eigenvalue weighted by molar-refractivity contribution is 6.02. The lowest BCUT2D eigenvalue weighted by Gasteiger charge is -2.20. The lowest BCUT2D eigenvalue weighted by Crippen LogP contribution is -2.21. The van der Waals surface area contributed by atoms with E-state index in [1.165, 1.54) is 0 Å². The van der Waals surface area contributed by atoms with E-state index in [0.29, 0.717) is 11.3 Å². The molecule has 0 N–H and O–H groups in total. The Labute approximate surface area is 97.6 Å². The molecule has 88 valence electrons. The quantitative estimate of drug-likeness (QED) is 0.726.